The van der Waals surface area contributed by atoms with Crippen LogP contribution >= 0.6 is 0 Å². The molecule has 6 nitrogen and oxygen atoms in total. The highest BCUT2D eigenvalue weighted by Gasteiger charge is 2.42. The average molecular weight is 356 g/mol. The Hall–Kier alpha value is -2.70. The molecule has 0 bridgehead atoms. The van der Waals surface area contributed by atoms with Crippen molar-refractivity contribution in [2.45, 2.75) is 37.9 Å². The molecule has 2 aromatic carbocycles. The summed E-state index contributed by atoms with van der Waals surface area (Å²) in [6.45, 7) is 1.75. The molecule has 3 rings (SSSR count). The van der Waals surface area contributed by atoms with E-state index >= 15 is 0 Å². The third-order valence-corrected chi connectivity index (χ3v) is 4.07. The van der Waals surface area contributed by atoms with Crippen LogP contribution in [0.1, 0.15) is 34.1 Å². The number of aliphatic hydroxyl groups is 1. The van der Waals surface area contributed by atoms with Gasteiger partial charge in [0.2, 0.25) is 6.29 Å². The van der Waals surface area contributed by atoms with E-state index in [-0.39, 0.29) is 12.5 Å². The normalized spacial score (nSPS) is 25.3. The Morgan fingerprint density at radius 1 is 0.923 bits per heavy atom. The summed E-state index contributed by atoms with van der Waals surface area (Å²) >= 11 is 0. The number of ether oxygens (including phenoxy) is 3. The van der Waals surface area contributed by atoms with E-state index in [9.17, 15) is 14.7 Å². The molecule has 1 fully saturated rings. The zero-order chi connectivity index (χ0) is 18.5. The van der Waals surface area contributed by atoms with Crippen molar-refractivity contribution in [3.8, 4) is 0 Å². The molecule has 0 radical (unpaired) electrons. The summed E-state index contributed by atoms with van der Waals surface area (Å²) in [7, 11) is 0. The second-order valence-corrected chi connectivity index (χ2v) is 6.13. The number of carbonyl (C=O) groups excluding carboxylic acids is 2. The van der Waals surface area contributed by atoms with Crippen molar-refractivity contribution >= 4 is 11.9 Å². The maximum Gasteiger partial charge on any atom is 0.340 e. The fraction of sp³-hybridized carbons (Fsp3) is 0.300. The first-order chi connectivity index (χ1) is 12.5. The van der Waals surface area contributed by atoms with Crippen LogP contribution in [0.5, 0.6) is 0 Å². The molecule has 136 valence electrons. The molecule has 2 aromatic rings. The van der Waals surface area contributed by atoms with Gasteiger partial charge in [-0.05, 0) is 31.2 Å². The molecule has 0 spiro atoms. The van der Waals surface area contributed by atoms with Crippen molar-refractivity contribution in [3.05, 3.63) is 71.8 Å². The van der Waals surface area contributed by atoms with Gasteiger partial charge in [0.05, 0.1) is 23.3 Å². The van der Waals surface area contributed by atoms with Crippen LogP contribution in [-0.2, 0) is 14.2 Å². The van der Waals surface area contributed by atoms with Crippen LogP contribution < -0.4 is 0 Å². The molecular weight excluding hydrogens is 336 g/mol. The molecule has 4 atom stereocenters. The molecule has 6 heteroatoms. The van der Waals surface area contributed by atoms with Crippen LogP contribution in [-0.4, -0.2) is 41.6 Å². The van der Waals surface area contributed by atoms with Crippen LogP contribution in [0.2, 0.25) is 0 Å². The number of aliphatic hydroxyl groups excluding tert-OH is 1. The lowest BCUT2D eigenvalue weighted by Gasteiger charge is -2.37. The third-order valence-electron chi connectivity index (χ3n) is 4.07. The number of esters is 2. The number of hydrogen-bond donors (Lipinski definition) is 1. The van der Waals surface area contributed by atoms with E-state index in [0.29, 0.717) is 11.1 Å². The molecule has 1 aliphatic heterocycles. The molecule has 0 amide bonds. The van der Waals surface area contributed by atoms with Gasteiger partial charge < -0.3 is 19.3 Å². The fourth-order valence-corrected chi connectivity index (χ4v) is 2.76. The molecular formula is C20H20O6. The Bertz CT molecular complexity index is 745. The van der Waals surface area contributed by atoms with E-state index in [2.05, 4.69) is 0 Å². The summed E-state index contributed by atoms with van der Waals surface area (Å²) in [4.78, 5) is 24.6. The van der Waals surface area contributed by atoms with Crippen LogP contribution in [0.25, 0.3) is 0 Å². The van der Waals surface area contributed by atoms with Gasteiger partial charge in [-0.1, -0.05) is 36.4 Å². The molecule has 0 aromatic heterocycles. The average Bonchev–Trinajstić information content (AvgIpc) is 2.65. The SMILES string of the molecule is C[C@@H]1C[C@H](O)[C@H](OC(=O)c2ccccc2)[C@@H](OC(=O)c2ccccc2)O1. The highest BCUT2D eigenvalue weighted by Crippen LogP contribution is 2.25. The van der Waals surface area contributed by atoms with Gasteiger partial charge in [0.15, 0.2) is 6.10 Å². The molecule has 0 aliphatic carbocycles. The van der Waals surface area contributed by atoms with Gasteiger partial charge >= 0.3 is 11.9 Å². The Balaban J connectivity index is 1.74. The number of carbonyl (C=O) groups is 2. The van der Waals surface area contributed by atoms with Crippen molar-refractivity contribution in [2.75, 3.05) is 0 Å². The molecule has 1 heterocycles. The van der Waals surface area contributed by atoms with Crippen molar-refractivity contribution in [1.82, 2.24) is 0 Å². The molecule has 1 saturated heterocycles. The quantitative estimate of drug-likeness (QED) is 0.848. The zero-order valence-electron chi connectivity index (χ0n) is 14.3. The second kappa shape index (κ2) is 8.12. The smallest absolute Gasteiger partial charge is 0.340 e. The zero-order valence-corrected chi connectivity index (χ0v) is 14.3. The lowest BCUT2D eigenvalue weighted by atomic mass is 10.0. The predicted octanol–water partition coefficient (Wildman–Crippen LogP) is 2.56. The van der Waals surface area contributed by atoms with E-state index < -0.39 is 30.4 Å². The molecule has 1 N–H and O–H groups in total. The van der Waals surface area contributed by atoms with Gasteiger partial charge in [0.25, 0.3) is 0 Å². The summed E-state index contributed by atoms with van der Waals surface area (Å²) < 4.78 is 16.4. The topological polar surface area (TPSA) is 82.1 Å². The van der Waals surface area contributed by atoms with Crippen molar-refractivity contribution < 1.29 is 28.9 Å². The summed E-state index contributed by atoms with van der Waals surface area (Å²) in [6, 6.07) is 16.8. The lowest BCUT2D eigenvalue weighted by molar-refractivity contribution is -0.242. The monoisotopic (exact) mass is 356 g/mol. The van der Waals surface area contributed by atoms with Gasteiger partial charge in [0, 0.05) is 6.42 Å². The Kier molecular flexibility index (Phi) is 5.65. The highest BCUT2D eigenvalue weighted by atomic mass is 16.7. The maximum atomic E-state index is 12.3. The minimum absolute atomic E-state index is 0.270. The van der Waals surface area contributed by atoms with Crippen LogP contribution in [0.15, 0.2) is 60.7 Å². The predicted molar refractivity (Wildman–Crippen MR) is 92.5 cm³/mol. The fourth-order valence-electron chi connectivity index (χ4n) is 2.76. The summed E-state index contributed by atoms with van der Waals surface area (Å²) in [5.74, 6) is -1.23. The number of benzene rings is 2. The Labute approximate surface area is 151 Å². The van der Waals surface area contributed by atoms with E-state index in [1.165, 1.54) is 0 Å². The largest absolute Gasteiger partial charge is 0.449 e. The van der Waals surface area contributed by atoms with Gasteiger partial charge in [-0.3, -0.25) is 0 Å². The molecule has 26 heavy (non-hydrogen) atoms. The van der Waals surface area contributed by atoms with Crippen molar-refractivity contribution in [3.63, 3.8) is 0 Å². The number of hydrogen-bond acceptors (Lipinski definition) is 6. The van der Waals surface area contributed by atoms with Crippen molar-refractivity contribution in [1.29, 1.82) is 0 Å². The standard InChI is InChI=1S/C20H20O6/c1-13-12-16(21)17(25-18(22)14-8-4-2-5-9-14)20(24-13)26-19(23)15-10-6-3-7-11-15/h2-11,13,16-17,20-21H,12H2,1H3/t13-,16+,17+,20-/m1/s1. The Morgan fingerprint density at radius 2 is 1.42 bits per heavy atom. The van der Waals surface area contributed by atoms with Gasteiger partial charge in [-0.15, -0.1) is 0 Å². The first kappa shape index (κ1) is 18.1. The summed E-state index contributed by atoms with van der Waals surface area (Å²) in [6.07, 6.45) is -3.36. The van der Waals surface area contributed by atoms with E-state index in [0.717, 1.165) is 0 Å². The van der Waals surface area contributed by atoms with Crippen LogP contribution in [0, 0.1) is 0 Å². The number of rotatable bonds is 4. The van der Waals surface area contributed by atoms with E-state index in [1.54, 1.807) is 67.6 Å². The first-order valence-corrected chi connectivity index (χ1v) is 8.40. The van der Waals surface area contributed by atoms with Gasteiger partial charge in [-0.25, -0.2) is 9.59 Å². The molecule has 0 saturated carbocycles. The highest BCUT2D eigenvalue weighted by molar-refractivity contribution is 5.90. The van der Waals surface area contributed by atoms with E-state index in [1.807, 2.05) is 0 Å². The van der Waals surface area contributed by atoms with E-state index in [4.69, 9.17) is 14.2 Å². The third kappa shape index (κ3) is 4.28. The molecule has 1 aliphatic rings. The van der Waals surface area contributed by atoms with Gasteiger partial charge in [-0.2, -0.15) is 0 Å². The summed E-state index contributed by atoms with van der Waals surface area (Å²) in [5.41, 5.74) is 0.684. The van der Waals surface area contributed by atoms with Crippen molar-refractivity contribution in [2.24, 2.45) is 0 Å². The first-order valence-electron chi connectivity index (χ1n) is 8.40. The molecule has 0 unspecified atom stereocenters. The van der Waals surface area contributed by atoms with Gasteiger partial charge in [0.1, 0.15) is 0 Å². The maximum absolute atomic E-state index is 12.3. The minimum atomic E-state index is -1.19. The minimum Gasteiger partial charge on any atom is -0.449 e. The lowest BCUT2D eigenvalue weighted by Crippen LogP contribution is -2.51. The van der Waals surface area contributed by atoms with Crippen LogP contribution in [0.4, 0.5) is 0 Å². The second-order valence-electron chi connectivity index (χ2n) is 6.13. The Morgan fingerprint density at radius 3 is 1.96 bits per heavy atom. The summed E-state index contributed by atoms with van der Waals surface area (Å²) in [5, 5.41) is 10.3. The van der Waals surface area contributed by atoms with Crippen LogP contribution in [0.3, 0.4) is 0 Å².